The molecule has 0 unspecified atom stereocenters. The number of hydrogen-bond acceptors (Lipinski definition) is 3. The number of nitrogens with zero attached hydrogens (tertiary/aromatic N) is 1. The van der Waals surface area contributed by atoms with E-state index in [4.69, 9.17) is 4.74 Å². The van der Waals surface area contributed by atoms with Gasteiger partial charge in [0.1, 0.15) is 5.75 Å². The Balaban J connectivity index is 2.20. The Hall–Kier alpha value is -1.06. The van der Waals surface area contributed by atoms with Crippen molar-refractivity contribution in [3.63, 3.8) is 0 Å². The van der Waals surface area contributed by atoms with Crippen molar-refractivity contribution in [2.24, 2.45) is 0 Å². The van der Waals surface area contributed by atoms with Crippen LogP contribution in [0.2, 0.25) is 0 Å². The van der Waals surface area contributed by atoms with Crippen LogP contribution in [-0.4, -0.2) is 37.2 Å². The van der Waals surface area contributed by atoms with Crippen molar-refractivity contribution in [1.82, 2.24) is 10.2 Å². The fraction of sp³-hybridized carbons (Fsp3) is 0.625. The number of hydrogen-bond donors (Lipinski definition) is 1. The highest BCUT2D eigenvalue weighted by molar-refractivity contribution is 5.45. The molecule has 1 saturated heterocycles. The molecular formula is C16H26N2O. The summed E-state index contributed by atoms with van der Waals surface area (Å²) >= 11 is 0. The first kappa shape index (κ1) is 14.4. The van der Waals surface area contributed by atoms with Gasteiger partial charge >= 0.3 is 0 Å². The second-order valence-corrected chi connectivity index (χ2v) is 5.69. The molecule has 3 heteroatoms. The number of aryl methyl sites for hydroxylation is 1. The maximum Gasteiger partial charge on any atom is 0.127 e. The highest BCUT2D eigenvalue weighted by Crippen LogP contribution is 2.28. The van der Waals surface area contributed by atoms with Crippen LogP contribution in [0.25, 0.3) is 0 Å². The summed E-state index contributed by atoms with van der Waals surface area (Å²) < 4.78 is 6.06. The largest absolute Gasteiger partial charge is 0.490 e. The smallest absolute Gasteiger partial charge is 0.127 e. The summed E-state index contributed by atoms with van der Waals surface area (Å²) in [5.41, 5.74) is 3.90. The van der Waals surface area contributed by atoms with Gasteiger partial charge in [-0.1, -0.05) is 12.1 Å². The summed E-state index contributed by atoms with van der Waals surface area (Å²) in [6, 6.07) is 4.43. The maximum atomic E-state index is 6.06. The molecule has 106 valence electrons. The zero-order valence-electron chi connectivity index (χ0n) is 12.6. The number of benzene rings is 1. The standard InChI is InChI=1S/C16H26N2O/c1-12(2)19-16-14(4)13(3)5-6-15(16)11-18-9-7-17-8-10-18/h5-6,12,17H,7-11H2,1-4H3. The SMILES string of the molecule is Cc1ccc(CN2CCNCC2)c(OC(C)C)c1C. The molecule has 3 nitrogen and oxygen atoms in total. The summed E-state index contributed by atoms with van der Waals surface area (Å²) in [6.45, 7) is 13.9. The van der Waals surface area contributed by atoms with Crippen LogP contribution in [0, 0.1) is 13.8 Å². The molecule has 1 aliphatic heterocycles. The third kappa shape index (κ3) is 3.71. The molecule has 0 saturated carbocycles. The van der Waals surface area contributed by atoms with Gasteiger partial charge in [0.25, 0.3) is 0 Å². The van der Waals surface area contributed by atoms with Crippen molar-refractivity contribution in [2.75, 3.05) is 26.2 Å². The summed E-state index contributed by atoms with van der Waals surface area (Å²) in [4.78, 5) is 2.49. The van der Waals surface area contributed by atoms with Crippen molar-refractivity contribution in [1.29, 1.82) is 0 Å². The fourth-order valence-electron chi connectivity index (χ4n) is 2.48. The van der Waals surface area contributed by atoms with Crippen LogP contribution in [-0.2, 0) is 6.54 Å². The molecule has 0 spiro atoms. The van der Waals surface area contributed by atoms with E-state index in [0.717, 1.165) is 38.5 Å². The molecule has 1 aliphatic rings. The van der Waals surface area contributed by atoms with Crippen LogP contribution < -0.4 is 10.1 Å². The quantitative estimate of drug-likeness (QED) is 0.902. The normalized spacial score (nSPS) is 16.9. The predicted molar refractivity (Wildman–Crippen MR) is 79.8 cm³/mol. The van der Waals surface area contributed by atoms with Crippen molar-refractivity contribution < 1.29 is 4.74 Å². The molecule has 1 heterocycles. The lowest BCUT2D eigenvalue weighted by molar-refractivity contribution is 0.213. The van der Waals surface area contributed by atoms with E-state index in [9.17, 15) is 0 Å². The third-order valence-corrected chi connectivity index (χ3v) is 3.72. The number of nitrogens with one attached hydrogen (secondary N) is 1. The number of piperazine rings is 1. The highest BCUT2D eigenvalue weighted by Gasteiger charge is 2.15. The predicted octanol–water partition coefficient (Wildman–Crippen LogP) is 2.50. The Morgan fingerprint density at radius 3 is 2.53 bits per heavy atom. The van der Waals surface area contributed by atoms with E-state index in [1.54, 1.807) is 0 Å². The summed E-state index contributed by atoms with van der Waals surface area (Å²) in [7, 11) is 0. The summed E-state index contributed by atoms with van der Waals surface area (Å²) in [6.07, 6.45) is 0.224. The molecule has 0 aliphatic carbocycles. The molecule has 0 bridgehead atoms. The monoisotopic (exact) mass is 262 g/mol. The van der Waals surface area contributed by atoms with Crippen molar-refractivity contribution in [2.45, 2.75) is 40.3 Å². The minimum absolute atomic E-state index is 0.224. The van der Waals surface area contributed by atoms with Gasteiger partial charge in [-0.05, 0) is 38.8 Å². The first-order valence-electron chi connectivity index (χ1n) is 7.26. The van der Waals surface area contributed by atoms with Crippen LogP contribution in [0.5, 0.6) is 5.75 Å². The average Bonchev–Trinajstić information content (AvgIpc) is 2.39. The Bertz CT molecular complexity index is 423. The zero-order valence-corrected chi connectivity index (χ0v) is 12.6. The Labute approximate surface area is 116 Å². The summed E-state index contributed by atoms with van der Waals surface area (Å²) in [5.74, 6) is 1.09. The van der Waals surface area contributed by atoms with Gasteiger partial charge < -0.3 is 10.1 Å². The first-order chi connectivity index (χ1) is 9.08. The second kappa shape index (κ2) is 6.40. The molecular weight excluding hydrogens is 236 g/mol. The van der Waals surface area contributed by atoms with E-state index in [1.165, 1.54) is 16.7 Å². The molecule has 0 amide bonds. The van der Waals surface area contributed by atoms with E-state index in [-0.39, 0.29) is 6.10 Å². The highest BCUT2D eigenvalue weighted by atomic mass is 16.5. The van der Waals surface area contributed by atoms with Crippen molar-refractivity contribution in [3.8, 4) is 5.75 Å². The molecule has 1 N–H and O–H groups in total. The fourth-order valence-corrected chi connectivity index (χ4v) is 2.48. The van der Waals surface area contributed by atoms with E-state index in [1.807, 2.05) is 0 Å². The lowest BCUT2D eigenvalue weighted by Crippen LogP contribution is -2.43. The number of rotatable bonds is 4. The Kier molecular flexibility index (Phi) is 4.83. The van der Waals surface area contributed by atoms with Gasteiger partial charge in [-0.3, -0.25) is 4.90 Å². The van der Waals surface area contributed by atoms with E-state index >= 15 is 0 Å². The van der Waals surface area contributed by atoms with Gasteiger partial charge in [0.15, 0.2) is 0 Å². The van der Waals surface area contributed by atoms with Gasteiger partial charge in [-0.15, -0.1) is 0 Å². The lowest BCUT2D eigenvalue weighted by atomic mass is 10.0. The van der Waals surface area contributed by atoms with Gasteiger partial charge in [0.2, 0.25) is 0 Å². The molecule has 0 aromatic heterocycles. The molecule has 1 aromatic rings. The minimum atomic E-state index is 0.224. The maximum absolute atomic E-state index is 6.06. The minimum Gasteiger partial charge on any atom is -0.490 e. The van der Waals surface area contributed by atoms with Crippen molar-refractivity contribution in [3.05, 3.63) is 28.8 Å². The lowest BCUT2D eigenvalue weighted by Gasteiger charge is -2.28. The van der Waals surface area contributed by atoms with E-state index < -0.39 is 0 Å². The van der Waals surface area contributed by atoms with Crippen LogP contribution >= 0.6 is 0 Å². The molecule has 1 aromatic carbocycles. The number of ether oxygens (including phenoxy) is 1. The van der Waals surface area contributed by atoms with Crippen LogP contribution in [0.1, 0.15) is 30.5 Å². The third-order valence-electron chi connectivity index (χ3n) is 3.72. The van der Waals surface area contributed by atoms with Crippen molar-refractivity contribution >= 4 is 0 Å². The van der Waals surface area contributed by atoms with Gasteiger partial charge in [0, 0.05) is 38.3 Å². The summed E-state index contributed by atoms with van der Waals surface area (Å²) in [5, 5.41) is 3.39. The molecule has 0 radical (unpaired) electrons. The van der Waals surface area contributed by atoms with E-state index in [0.29, 0.717) is 0 Å². The molecule has 2 rings (SSSR count). The van der Waals surface area contributed by atoms with Gasteiger partial charge in [-0.2, -0.15) is 0 Å². The van der Waals surface area contributed by atoms with Crippen LogP contribution in [0.4, 0.5) is 0 Å². The van der Waals surface area contributed by atoms with Crippen LogP contribution in [0.15, 0.2) is 12.1 Å². The average molecular weight is 262 g/mol. The van der Waals surface area contributed by atoms with Gasteiger partial charge in [0.05, 0.1) is 6.10 Å². The second-order valence-electron chi connectivity index (χ2n) is 5.69. The molecule has 19 heavy (non-hydrogen) atoms. The molecule has 0 atom stereocenters. The zero-order chi connectivity index (χ0) is 13.8. The topological polar surface area (TPSA) is 24.5 Å². The Morgan fingerprint density at radius 1 is 1.21 bits per heavy atom. The molecule has 1 fully saturated rings. The van der Waals surface area contributed by atoms with Gasteiger partial charge in [-0.25, -0.2) is 0 Å². The first-order valence-corrected chi connectivity index (χ1v) is 7.26. The van der Waals surface area contributed by atoms with Crippen LogP contribution in [0.3, 0.4) is 0 Å². The Morgan fingerprint density at radius 2 is 1.89 bits per heavy atom. The van der Waals surface area contributed by atoms with E-state index in [2.05, 4.69) is 50.0 Å².